The highest BCUT2D eigenvalue weighted by Crippen LogP contribution is 2.36. The van der Waals surface area contributed by atoms with E-state index in [9.17, 15) is 13.2 Å². The molecule has 1 saturated heterocycles. The molecule has 2 rings (SSSR count). The Morgan fingerprint density at radius 3 is 2.44 bits per heavy atom. The zero-order valence-electron chi connectivity index (χ0n) is 9.89. The van der Waals surface area contributed by atoms with Crippen LogP contribution in [0, 0.1) is 0 Å². The summed E-state index contributed by atoms with van der Waals surface area (Å²) >= 11 is 3.24. The Hall–Kier alpha value is -0.750. The highest BCUT2D eigenvalue weighted by atomic mass is 79.9. The summed E-state index contributed by atoms with van der Waals surface area (Å²) in [6.45, 7) is 4.53. The molecule has 0 bridgehead atoms. The van der Waals surface area contributed by atoms with Gasteiger partial charge in [0.25, 0.3) is 0 Å². The summed E-state index contributed by atoms with van der Waals surface area (Å²) in [6, 6.07) is 4.18. The zero-order chi connectivity index (χ0) is 13.3. The fourth-order valence-corrected chi connectivity index (χ4v) is 2.64. The van der Waals surface area contributed by atoms with Gasteiger partial charge < -0.3 is 10.2 Å². The fraction of sp³-hybridized carbons (Fsp3) is 0.500. The second kappa shape index (κ2) is 5.09. The molecule has 6 heteroatoms. The van der Waals surface area contributed by atoms with Crippen LogP contribution in [0.1, 0.15) is 12.5 Å². The summed E-state index contributed by atoms with van der Waals surface area (Å²) in [5.41, 5.74) is 0.193. The topological polar surface area (TPSA) is 15.3 Å². The van der Waals surface area contributed by atoms with Gasteiger partial charge in [-0.1, -0.05) is 0 Å². The van der Waals surface area contributed by atoms with E-state index in [1.807, 2.05) is 6.92 Å². The first-order chi connectivity index (χ1) is 8.43. The van der Waals surface area contributed by atoms with Crippen LogP contribution in [0.15, 0.2) is 22.7 Å². The largest absolute Gasteiger partial charge is 0.416 e. The smallest absolute Gasteiger partial charge is 0.365 e. The van der Waals surface area contributed by atoms with E-state index in [1.165, 1.54) is 6.07 Å². The summed E-state index contributed by atoms with van der Waals surface area (Å²) < 4.78 is 38.2. The van der Waals surface area contributed by atoms with Crippen molar-refractivity contribution in [3.63, 3.8) is 0 Å². The van der Waals surface area contributed by atoms with Gasteiger partial charge >= 0.3 is 6.18 Å². The van der Waals surface area contributed by atoms with Gasteiger partial charge in [-0.25, -0.2) is 0 Å². The number of hydrogen-bond acceptors (Lipinski definition) is 2. The van der Waals surface area contributed by atoms with Crippen molar-refractivity contribution in [3.05, 3.63) is 28.2 Å². The van der Waals surface area contributed by atoms with Crippen LogP contribution in [0.25, 0.3) is 0 Å². The SMILES string of the molecule is CCN(c1ccc(C(F)(F)F)cc1Br)C1CNC1. The molecule has 18 heavy (non-hydrogen) atoms. The maximum Gasteiger partial charge on any atom is 0.416 e. The van der Waals surface area contributed by atoms with E-state index in [0.29, 0.717) is 10.5 Å². The lowest BCUT2D eigenvalue weighted by Crippen LogP contribution is -2.57. The molecule has 0 atom stereocenters. The highest BCUT2D eigenvalue weighted by Gasteiger charge is 2.32. The number of hydrogen-bond donors (Lipinski definition) is 1. The van der Waals surface area contributed by atoms with Crippen LogP contribution in [-0.2, 0) is 6.18 Å². The van der Waals surface area contributed by atoms with Crippen molar-refractivity contribution in [1.29, 1.82) is 0 Å². The molecule has 0 aromatic heterocycles. The number of nitrogens with zero attached hydrogens (tertiary/aromatic N) is 1. The Balaban J connectivity index is 2.28. The average molecular weight is 323 g/mol. The Bertz CT molecular complexity index is 430. The van der Waals surface area contributed by atoms with Gasteiger partial charge in [-0.3, -0.25) is 0 Å². The van der Waals surface area contributed by atoms with Gasteiger partial charge in [0.2, 0.25) is 0 Å². The highest BCUT2D eigenvalue weighted by molar-refractivity contribution is 9.10. The van der Waals surface area contributed by atoms with E-state index < -0.39 is 11.7 Å². The van der Waals surface area contributed by atoms with Gasteiger partial charge in [-0.05, 0) is 41.1 Å². The molecule has 1 fully saturated rings. The van der Waals surface area contributed by atoms with Crippen LogP contribution < -0.4 is 10.2 Å². The molecule has 100 valence electrons. The van der Waals surface area contributed by atoms with E-state index in [0.717, 1.165) is 37.5 Å². The maximum absolute atomic E-state index is 12.6. The summed E-state index contributed by atoms with van der Waals surface area (Å²) in [5, 5.41) is 3.16. The fourth-order valence-electron chi connectivity index (χ4n) is 2.04. The summed E-state index contributed by atoms with van der Waals surface area (Å²) in [5.74, 6) is 0. The normalized spacial score (nSPS) is 16.5. The third-order valence-corrected chi connectivity index (χ3v) is 3.76. The van der Waals surface area contributed by atoms with E-state index in [2.05, 4.69) is 26.1 Å². The third-order valence-electron chi connectivity index (χ3n) is 3.13. The quantitative estimate of drug-likeness (QED) is 0.918. The van der Waals surface area contributed by atoms with E-state index in [4.69, 9.17) is 0 Å². The lowest BCUT2D eigenvalue weighted by molar-refractivity contribution is -0.137. The zero-order valence-corrected chi connectivity index (χ0v) is 11.5. The second-order valence-electron chi connectivity index (χ2n) is 4.26. The number of likely N-dealkylation sites (N-methyl/N-ethyl adjacent to an activating group) is 1. The first kappa shape index (κ1) is 13.7. The minimum absolute atomic E-state index is 0.364. The van der Waals surface area contributed by atoms with Gasteiger partial charge in [0.05, 0.1) is 17.3 Å². The Morgan fingerprint density at radius 2 is 2.06 bits per heavy atom. The lowest BCUT2D eigenvalue weighted by atomic mass is 10.1. The Labute approximate surface area is 112 Å². The van der Waals surface area contributed by atoms with E-state index in [-0.39, 0.29) is 0 Å². The number of halogens is 4. The van der Waals surface area contributed by atoms with E-state index >= 15 is 0 Å². The summed E-state index contributed by atoms with van der Waals surface area (Å²) in [4.78, 5) is 2.11. The van der Waals surface area contributed by atoms with Gasteiger partial charge in [0, 0.05) is 24.1 Å². The van der Waals surface area contributed by atoms with Crippen LogP contribution in [0.5, 0.6) is 0 Å². The molecule has 0 aliphatic carbocycles. The number of benzene rings is 1. The lowest BCUT2D eigenvalue weighted by Gasteiger charge is -2.39. The molecular weight excluding hydrogens is 309 g/mol. The van der Waals surface area contributed by atoms with Crippen molar-refractivity contribution in [2.75, 3.05) is 24.5 Å². The molecule has 1 aliphatic rings. The van der Waals surface area contributed by atoms with Crippen molar-refractivity contribution < 1.29 is 13.2 Å². The predicted octanol–water partition coefficient (Wildman–Crippen LogP) is 3.27. The Morgan fingerprint density at radius 1 is 1.39 bits per heavy atom. The summed E-state index contributed by atoms with van der Waals surface area (Å²) in [6.07, 6.45) is -4.30. The van der Waals surface area contributed by atoms with Crippen molar-refractivity contribution in [1.82, 2.24) is 5.32 Å². The molecular formula is C12H14BrF3N2. The van der Waals surface area contributed by atoms with Crippen molar-refractivity contribution in [3.8, 4) is 0 Å². The van der Waals surface area contributed by atoms with Gasteiger partial charge in [0.1, 0.15) is 0 Å². The van der Waals surface area contributed by atoms with Crippen LogP contribution in [-0.4, -0.2) is 25.7 Å². The van der Waals surface area contributed by atoms with Gasteiger partial charge in [0.15, 0.2) is 0 Å². The molecule has 1 N–H and O–H groups in total. The minimum atomic E-state index is -4.30. The molecule has 1 aromatic rings. The Kier molecular flexibility index (Phi) is 3.87. The molecule has 0 spiro atoms. The van der Waals surface area contributed by atoms with Crippen LogP contribution in [0.2, 0.25) is 0 Å². The summed E-state index contributed by atoms with van der Waals surface area (Å²) in [7, 11) is 0. The number of alkyl halides is 3. The molecule has 0 amide bonds. The molecule has 1 aromatic carbocycles. The number of rotatable bonds is 3. The van der Waals surface area contributed by atoms with E-state index in [1.54, 1.807) is 0 Å². The van der Waals surface area contributed by atoms with Gasteiger partial charge in [-0.15, -0.1) is 0 Å². The number of nitrogens with one attached hydrogen (secondary N) is 1. The first-order valence-electron chi connectivity index (χ1n) is 5.77. The molecule has 0 unspecified atom stereocenters. The van der Waals surface area contributed by atoms with Crippen molar-refractivity contribution >= 4 is 21.6 Å². The standard InChI is InChI=1S/C12H14BrF3N2/c1-2-18(9-6-17-7-9)11-4-3-8(5-10(11)13)12(14,15)16/h3-5,9,17H,2,6-7H2,1H3. The van der Waals surface area contributed by atoms with Crippen LogP contribution in [0.4, 0.5) is 18.9 Å². The maximum atomic E-state index is 12.6. The number of anilines is 1. The minimum Gasteiger partial charge on any atom is -0.365 e. The third kappa shape index (κ3) is 2.64. The molecule has 0 radical (unpaired) electrons. The molecule has 1 heterocycles. The van der Waals surface area contributed by atoms with Crippen molar-refractivity contribution in [2.24, 2.45) is 0 Å². The van der Waals surface area contributed by atoms with Gasteiger partial charge in [-0.2, -0.15) is 13.2 Å². The van der Waals surface area contributed by atoms with Crippen molar-refractivity contribution in [2.45, 2.75) is 19.1 Å². The molecule has 0 saturated carbocycles. The first-order valence-corrected chi connectivity index (χ1v) is 6.57. The predicted molar refractivity (Wildman–Crippen MR) is 68.8 cm³/mol. The average Bonchev–Trinajstić information content (AvgIpc) is 2.22. The van der Waals surface area contributed by atoms with Crippen LogP contribution >= 0.6 is 15.9 Å². The monoisotopic (exact) mass is 322 g/mol. The molecule has 1 aliphatic heterocycles. The molecule has 2 nitrogen and oxygen atoms in total. The van der Waals surface area contributed by atoms with Crippen LogP contribution in [0.3, 0.4) is 0 Å². The second-order valence-corrected chi connectivity index (χ2v) is 5.12.